The number of Topliss-reactive ketones (excluding diaryl/α,β-unsaturated/α-hetero) is 1. The molecule has 0 aliphatic heterocycles. The van der Waals surface area contributed by atoms with E-state index in [4.69, 9.17) is 0 Å². The van der Waals surface area contributed by atoms with Crippen LogP contribution < -0.4 is 0 Å². The van der Waals surface area contributed by atoms with Crippen molar-refractivity contribution in [2.45, 2.75) is 0 Å². The molecule has 0 fully saturated rings. The first-order valence-electron chi connectivity index (χ1n) is 2.34. The summed E-state index contributed by atoms with van der Waals surface area (Å²) in [6.45, 7) is 0. The normalized spacial score (nSPS) is 9.44. The number of hydrogen-bond acceptors (Lipinski definition) is 3. The van der Waals surface area contributed by atoms with Gasteiger partial charge in [0.1, 0.15) is 0 Å². The molecule has 0 aliphatic carbocycles. The van der Waals surface area contributed by atoms with Crippen LogP contribution in [0.4, 0.5) is 0 Å². The third-order valence-corrected chi connectivity index (χ3v) is 1.34. The third-order valence-electron chi connectivity index (χ3n) is 0.834. The first kappa shape index (κ1) is 6.48. The van der Waals surface area contributed by atoms with Gasteiger partial charge >= 0.3 is 0 Å². The molecule has 1 heterocycles. The molecular formula is C5H4BrNO2. The summed E-state index contributed by atoms with van der Waals surface area (Å²) in [6, 6.07) is 1.53. The van der Waals surface area contributed by atoms with E-state index in [1.54, 1.807) is 0 Å². The molecule has 4 heteroatoms. The molecule has 0 atom stereocenters. The zero-order chi connectivity index (χ0) is 6.69. The highest BCUT2D eigenvalue weighted by Gasteiger charge is 2.05. The van der Waals surface area contributed by atoms with Gasteiger partial charge in [0.15, 0.2) is 0 Å². The Bertz CT molecular complexity index is 195. The van der Waals surface area contributed by atoms with Crippen molar-refractivity contribution < 1.29 is 9.32 Å². The molecule has 0 radical (unpaired) electrons. The number of hydrogen-bond donors (Lipinski definition) is 0. The van der Waals surface area contributed by atoms with E-state index in [1.165, 1.54) is 12.3 Å². The molecule has 1 aromatic rings. The maximum atomic E-state index is 10.7. The van der Waals surface area contributed by atoms with E-state index in [9.17, 15) is 4.79 Å². The molecule has 1 aromatic heterocycles. The lowest BCUT2D eigenvalue weighted by molar-refractivity contribution is 0.0984. The van der Waals surface area contributed by atoms with E-state index in [0.29, 0.717) is 5.76 Å². The van der Waals surface area contributed by atoms with Gasteiger partial charge in [0.25, 0.3) is 0 Å². The summed E-state index contributed by atoms with van der Waals surface area (Å²) in [5.74, 6) is 0.208. The van der Waals surface area contributed by atoms with Gasteiger partial charge in [-0.25, -0.2) is 0 Å². The first-order chi connectivity index (χ1) is 4.34. The van der Waals surface area contributed by atoms with Crippen molar-refractivity contribution in [3.63, 3.8) is 0 Å². The molecular weight excluding hydrogens is 186 g/mol. The topological polar surface area (TPSA) is 43.1 Å². The van der Waals surface area contributed by atoms with Crippen molar-refractivity contribution in [3.8, 4) is 0 Å². The van der Waals surface area contributed by atoms with Gasteiger partial charge in [0.2, 0.25) is 11.5 Å². The monoisotopic (exact) mass is 189 g/mol. The lowest BCUT2D eigenvalue weighted by Gasteiger charge is -1.82. The largest absolute Gasteiger partial charge is 0.353 e. The highest BCUT2D eigenvalue weighted by atomic mass is 79.9. The van der Waals surface area contributed by atoms with Crippen molar-refractivity contribution in [1.29, 1.82) is 0 Å². The van der Waals surface area contributed by atoms with Gasteiger partial charge in [-0.05, 0) is 0 Å². The van der Waals surface area contributed by atoms with Crippen LogP contribution in [0.15, 0.2) is 16.8 Å². The predicted molar refractivity (Wildman–Crippen MR) is 34.6 cm³/mol. The second kappa shape index (κ2) is 2.77. The second-order valence-electron chi connectivity index (χ2n) is 1.43. The minimum atomic E-state index is -0.0903. The molecule has 0 saturated carbocycles. The maximum Gasteiger partial charge on any atom is 0.211 e. The molecule has 1 rings (SSSR count). The van der Waals surface area contributed by atoms with Gasteiger partial charge < -0.3 is 4.52 Å². The number of ketones is 1. The van der Waals surface area contributed by atoms with Crippen LogP contribution in [0.2, 0.25) is 0 Å². The molecule has 3 nitrogen and oxygen atoms in total. The molecule has 48 valence electrons. The first-order valence-corrected chi connectivity index (χ1v) is 3.46. The minimum absolute atomic E-state index is 0.0903. The van der Waals surface area contributed by atoms with Crippen LogP contribution in [0.5, 0.6) is 0 Å². The Hall–Kier alpha value is -0.640. The van der Waals surface area contributed by atoms with Crippen molar-refractivity contribution >= 4 is 21.7 Å². The number of rotatable bonds is 2. The Balaban J connectivity index is 2.77. The van der Waals surface area contributed by atoms with Crippen LogP contribution in [-0.4, -0.2) is 16.3 Å². The van der Waals surface area contributed by atoms with E-state index < -0.39 is 0 Å². The highest BCUT2D eigenvalue weighted by Crippen LogP contribution is 1.99. The van der Waals surface area contributed by atoms with E-state index in [0.717, 1.165) is 0 Å². The molecule has 0 amide bonds. The molecule has 0 saturated heterocycles. The number of nitrogens with zero attached hydrogens (tertiary/aromatic N) is 1. The van der Waals surface area contributed by atoms with Gasteiger partial charge in [0.05, 0.1) is 11.5 Å². The smallest absolute Gasteiger partial charge is 0.211 e. The Morgan fingerprint density at radius 1 is 1.89 bits per heavy atom. The zero-order valence-corrected chi connectivity index (χ0v) is 6.09. The molecule has 0 N–H and O–H groups in total. The number of aromatic nitrogens is 1. The lowest BCUT2D eigenvalue weighted by atomic mass is 10.3. The summed E-state index contributed by atoms with van der Waals surface area (Å²) in [5.41, 5.74) is 0. The Labute approximate surface area is 60.2 Å². The average Bonchev–Trinajstić information content (AvgIpc) is 2.37. The fourth-order valence-corrected chi connectivity index (χ4v) is 0.702. The van der Waals surface area contributed by atoms with E-state index in [1.807, 2.05) is 0 Å². The molecule has 0 aromatic carbocycles. The Morgan fingerprint density at radius 3 is 3.11 bits per heavy atom. The summed E-state index contributed by atoms with van der Waals surface area (Å²) >= 11 is 3.00. The van der Waals surface area contributed by atoms with Gasteiger partial charge in [-0.15, -0.1) is 0 Å². The average molecular weight is 190 g/mol. The van der Waals surface area contributed by atoms with Crippen LogP contribution in [0, 0.1) is 0 Å². The van der Waals surface area contributed by atoms with Crippen LogP contribution in [0.3, 0.4) is 0 Å². The van der Waals surface area contributed by atoms with Crippen molar-refractivity contribution in [3.05, 3.63) is 18.0 Å². The third kappa shape index (κ3) is 1.38. The summed E-state index contributed by atoms with van der Waals surface area (Å²) in [4.78, 5) is 10.7. The lowest BCUT2D eigenvalue weighted by Crippen LogP contribution is -1.96. The van der Waals surface area contributed by atoms with E-state index in [-0.39, 0.29) is 11.1 Å². The SMILES string of the molecule is O=C(CBr)c1ccno1. The predicted octanol–water partition coefficient (Wildman–Crippen LogP) is 1.25. The second-order valence-corrected chi connectivity index (χ2v) is 1.99. The summed E-state index contributed by atoms with van der Waals surface area (Å²) in [5, 5.41) is 3.65. The molecule has 0 bridgehead atoms. The molecule has 0 aliphatic rings. The minimum Gasteiger partial charge on any atom is -0.353 e. The molecule has 0 spiro atoms. The fraction of sp³-hybridized carbons (Fsp3) is 0.200. The van der Waals surface area contributed by atoms with Crippen LogP contribution in [0.25, 0.3) is 0 Å². The fourth-order valence-electron chi connectivity index (χ4n) is 0.425. The quantitative estimate of drug-likeness (QED) is 0.520. The Kier molecular flexibility index (Phi) is 2.00. The molecule has 9 heavy (non-hydrogen) atoms. The van der Waals surface area contributed by atoms with Gasteiger partial charge in [-0.3, -0.25) is 4.79 Å². The summed E-state index contributed by atoms with van der Waals surface area (Å²) in [7, 11) is 0. The van der Waals surface area contributed by atoms with Gasteiger partial charge in [-0.2, -0.15) is 0 Å². The number of alkyl halides is 1. The van der Waals surface area contributed by atoms with Crippen molar-refractivity contribution in [2.24, 2.45) is 0 Å². The van der Waals surface area contributed by atoms with Gasteiger partial charge in [0, 0.05) is 6.07 Å². The summed E-state index contributed by atoms with van der Waals surface area (Å²) < 4.78 is 4.56. The van der Waals surface area contributed by atoms with Crippen molar-refractivity contribution in [1.82, 2.24) is 5.16 Å². The number of halogens is 1. The van der Waals surface area contributed by atoms with Gasteiger partial charge in [-0.1, -0.05) is 21.1 Å². The van der Waals surface area contributed by atoms with Crippen LogP contribution >= 0.6 is 15.9 Å². The van der Waals surface area contributed by atoms with Crippen LogP contribution in [-0.2, 0) is 0 Å². The van der Waals surface area contributed by atoms with Crippen molar-refractivity contribution in [2.75, 3.05) is 5.33 Å². The standard InChI is InChI=1S/C5H4BrNO2/c6-3-4(8)5-1-2-7-9-5/h1-2H,3H2. The van der Waals surface area contributed by atoms with Crippen LogP contribution in [0.1, 0.15) is 10.6 Å². The number of carbonyl (C=O) groups is 1. The summed E-state index contributed by atoms with van der Waals surface area (Å²) in [6.07, 6.45) is 1.44. The Morgan fingerprint density at radius 2 is 2.67 bits per heavy atom. The van der Waals surface area contributed by atoms with E-state index >= 15 is 0 Å². The zero-order valence-electron chi connectivity index (χ0n) is 4.50. The maximum absolute atomic E-state index is 10.7. The van der Waals surface area contributed by atoms with E-state index in [2.05, 4.69) is 25.6 Å². The highest BCUT2D eigenvalue weighted by molar-refractivity contribution is 9.09. The molecule has 0 unspecified atom stereocenters. The number of carbonyl (C=O) groups excluding carboxylic acids is 1.